The van der Waals surface area contributed by atoms with Crippen LogP contribution in [0.5, 0.6) is 0 Å². The van der Waals surface area contributed by atoms with E-state index in [0.29, 0.717) is 6.42 Å². The largest absolute Gasteiger partial charge is 0.326 e. The van der Waals surface area contributed by atoms with Gasteiger partial charge in [0, 0.05) is 41.6 Å². The number of nitrogens with zero attached hydrogens (tertiary/aromatic N) is 1. The molecule has 1 aliphatic heterocycles. The standard InChI is InChI=1S/C8H17NO3S.Ag/c1-9(5-2-3-6-9)7-4-8-13(10,11)12;/h2-8H2,1H3;/p+1. The van der Waals surface area contributed by atoms with Crippen LogP contribution in [0.3, 0.4) is 0 Å². The van der Waals surface area contributed by atoms with Crippen molar-refractivity contribution >= 4 is 10.1 Å². The van der Waals surface area contributed by atoms with Gasteiger partial charge < -0.3 is 4.48 Å². The molecular weight excluding hydrogens is 298 g/mol. The fraction of sp³-hybridized carbons (Fsp3) is 1.00. The number of likely N-dealkylation sites (tertiary alicyclic amines) is 1. The summed E-state index contributed by atoms with van der Waals surface area (Å²) in [5.74, 6) is -0.0964. The van der Waals surface area contributed by atoms with Crippen LogP contribution >= 0.6 is 0 Å². The van der Waals surface area contributed by atoms with Crippen molar-refractivity contribution in [1.82, 2.24) is 0 Å². The van der Waals surface area contributed by atoms with Crippen LogP contribution in [0.1, 0.15) is 19.3 Å². The van der Waals surface area contributed by atoms with E-state index in [1.165, 1.54) is 12.8 Å². The third-order valence-corrected chi connectivity index (χ3v) is 3.55. The Morgan fingerprint density at radius 2 is 1.79 bits per heavy atom. The van der Waals surface area contributed by atoms with Gasteiger partial charge in [-0.25, -0.2) is 0 Å². The third kappa shape index (κ3) is 5.48. The van der Waals surface area contributed by atoms with Gasteiger partial charge in [-0.1, -0.05) is 0 Å². The third-order valence-electron chi connectivity index (χ3n) is 2.75. The molecular formula is C8H18AgNO3S+. The van der Waals surface area contributed by atoms with Crippen LogP contribution in [0.25, 0.3) is 0 Å². The Morgan fingerprint density at radius 3 is 2.21 bits per heavy atom. The number of hydrogen-bond donors (Lipinski definition) is 1. The molecule has 1 fully saturated rings. The van der Waals surface area contributed by atoms with Crippen LogP contribution in [-0.2, 0) is 32.5 Å². The predicted octanol–water partition coefficient (Wildman–Crippen LogP) is 0.502. The normalized spacial score (nSPS) is 20.4. The van der Waals surface area contributed by atoms with Crippen molar-refractivity contribution in [2.24, 2.45) is 0 Å². The van der Waals surface area contributed by atoms with Crippen LogP contribution < -0.4 is 0 Å². The smallest absolute Gasteiger partial charge is 0.265 e. The maximum atomic E-state index is 10.5. The maximum Gasteiger partial charge on any atom is 0.265 e. The van der Waals surface area contributed by atoms with Crippen LogP contribution in [0.4, 0.5) is 0 Å². The van der Waals surface area contributed by atoms with E-state index >= 15 is 0 Å². The van der Waals surface area contributed by atoms with Gasteiger partial charge in [0.25, 0.3) is 10.1 Å². The predicted molar refractivity (Wildman–Crippen MR) is 51.1 cm³/mol. The minimum absolute atomic E-state index is 0. The SMILES string of the molecule is C[N+]1(CCCS(=O)(=O)O)CCCC1.[Ag]. The molecule has 1 radical (unpaired) electrons. The second kappa shape index (κ2) is 5.63. The molecule has 0 amide bonds. The first-order valence-corrected chi connectivity index (χ1v) is 6.31. The van der Waals surface area contributed by atoms with Gasteiger partial charge in [0.05, 0.1) is 32.4 Å². The van der Waals surface area contributed by atoms with Crippen molar-refractivity contribution in [2.75, 3.05) is 32.4 Å². The molecule has 1 heterocycles. The molecule has 89 valence electrons. The first-order chi connectivity index (χ1) is 5.91. The average Bonchev–Trinajstić information content (AvgIpc) is 2.33. The van der Waals surface area contributed by atoms with Gasteiger partial charge >= 0.3 is 0 Å². The Bertz CT molecular complexity index is 260. The van der Waals surface area contributed by atoms with E-state index in [9.17, 15) is 8.42 Å². The van der Waals surface area contributed by atoms with E-state index < -0.39 is 10.1 Å². The summed E-state index contributed by atoms with van der Waals surface area (Å²) in [6, 6.07) is 0. The molecule has 0 aromatic carbocycles. The number of rotatable bonds is 4. The van der Waals surface area contributed by atoms with Gasteiger partial charge in [-0.15, -0.1) is 0 Å². The molecule has 0 bridgehead atoms. The average molecular weight is 316 g/mol. The molecule has 0 aliphatic carbocycles. The summed E-state index contributed by atoms with van der Waals surface area (Å²) in [6.45, 7) is 3.15. The molecule has 4 nitrogen and oxygen atoms in total. The molecule has 1 aliphatic rings. The van der Waals surface area contributed by atoms with Gasteiger partial charge in [-0.2, -0.15) is 8.42 Å². The van der Waals surface area contributed by atoms with E-state index in [0.717, 1.165) is 24.1 Å². The molecule has 14 heavy (non-hydrogen) atoms. The molecule has 0 aromatic rings. The van der Waals surface area contributed by atoms with Crippen molar-refractivity contribution in [3.8, 4) is 0 Å². The van der Waals surface area contributed by atoms with E-state index in [2.05, 4.69) is 7.05 Å². The minimum Gasteiger partial charge on any atom is -0.326 e. The summed E-state index contributed by atoms with van der Waals surface area (Å²) in [5, 5.41) is 0. The molecule has 0 saturated carbocycles. The van der Waals surface area contributed by atoms with Gasteiger partial charge in [0.2, 0.25) is 0 Å². The Balaban J connectivity index is 0.00000169. The van der Waals surface area contributed by atoms with Crippen LogP contribution in [0, 0.1) is 0 Å². The summed E-state index contributed by atoms with van der Waals surface area (Å²) in [4.78, 5) is 0. The Labute approximate surface area is 102 Å². The van der Waals surface area contributed by atoms with E-state index in [1.807, 2.05) is 0 Å². The first kappa shape index (κ1) is 14.6. The Kier molecular flexibility index (Phi) is 5.87. The Morgan fingerprint density at radius 1 is 1.29 bits per heavy atom. The second-order valence-electron chi connectivity index (χ2n) is 4.14. The maximum absolute atomic E-state index is 10.5. The van der Waals surface area contributed by atoms with Crippen LogP contribution in [0.15, 0.2) is 0 Å². The van der Waals surface area contributed by atoms with Gasteiger partial charge in [0.15, 0.2) is 0 Å². The van der Waals surface area contributed by atoms with Crippen molar-refractivity contribution in [3.05, 3.63) is 0 Å². The summed E-state index contributed by atoms with van der Waals surface area (Å²) in [6.07, 6.45) is 3.04. The van der Waals surface area contributed by atoms with Crippen molar-refractivity contribution < 1.29 is 39.8 Å². The molecule has 6 heteroatoms. The van der Waals surface area contributed by atoms with Gasteiger partial charge in [0.1, 0.15) is 0 Å². The molecule has 0 spiro atoms. The zero-order chi connectivity index (χ0) is 9.95. The summed E-state index contributed by atoms with van der Waals surface area (Å²) < 4.78 is 30.4. The molecule has 0 unspecified atom stereocenters. The molecule has 1 rings (SSSR count). The molecule has 0 aromatic heterocycles. The van der Waals surface area contributed by atoms with Gasteiger partial charge in [-0.3, -0.25) is 4.55 Å². The monoisotopic (exact) mass is 315 g/mol. The van der Waals surface area contributed by atoms with Crippen molar-refractivity contribution in [3.63, 3.8) is 0 Å². The van der Waals surface area contributed by atoms with Gasteiger partial charge in [-0.05, 0) is 0 Å². The van der Waals surface area contributed by atoms with E-state index in [4.69, 9.17) is 4.55 Å². The van der Waals surface area contributed by atoms with Crippen molar-refractivity contribution in [1.29, 1.82) is 0 Å². The number of quaternary nitrogens is 1. The zero-order valence-corrected chi connectivity index (χ0v) is 10.7. The van der Waals surface area contributed by atoms with Crippen LogP contribution in [-0.4, -0.2) is 49.9 Å². The van der Waals surface area contributed by atoms with Crippen LogP contribution in [0.2, 0.25) is 0 Å². The quantitative estimate of drug-likeness (QED) is 0.467. The van der Waals surface area contributed by atoms with E-state index in [1.54, 1.807) is 0 Å². The summed E-state index contributed by atoms with van der Waals surface area (Å²) in [7, 11) is -1.60. The van der Waals surface area contributed by atoms with Crippen molar-refractivity contribution in [2.45, 2.75) is 19.3 Å². The topological polar surface area (TPSA) is 54.4 Å². The molecule has 0 atom stereocenters. The molecule has 1 N–H and O–H groups in total. The fourth-order valence-electron chi connectivity index (χ4n) is 1.95. The summed E-state index contributed by atoms with van der Waals surface area (Å²) >= 11 is 0. The number of hydrogen-bond acceptors (Lipinski definition) is 2. The molecule has 1 saturated heterocycles. The zero-order valence-electron chi connectivity index (χ0n) is 8.37. The second-order valence-corrected chi connectivity index (χ2v) is 5.71. The minimum atomic E-state index is -3.75. The first-order valence-electron chi connectivity index (χ1n) is 4.70. The van der Waals surface area contributed by atoms with E-state index in [-0.39, 0.29) is 28.1 Å². The fourth-order valence-corrected chi connectivity index (χ4v) is 2.45. The Hall–Kier alpha value is 0.610. The summed E-state index contributed by atoms with van der Waals surface area (Å²) in [5.41, 5.74) is 0.